The van der Waals surface area contributed by atoms with Gasteiger partial charge in [0.05, 0.1) is 19.6 Å². The zero-order valence-corrected chi connectivity index (χ0v) is 15.2. The van der Waals surface area contributed by atoms with E-state index in [0.29, 0.717) is 19.6 Å². The van der Waals surface area contributed by atoms with Gasteiger partial charge in [0.2, 0.25) is 5.91 Å². The summed E-state index contributed by atoms with van der Waals surface area (Å²) in [6, 6.07) is 15.6. The fourth-order valence-corrected chi connectivity index (χ4v) is 2.92. The van der Waals surface area contributed by atoms with E-state index >= 15 is 0 Å². The summed E-state index contributed by atoms with van der Waals surface area (Å²) in [6.45, 7) is 4.06. The summed E-state index contributed by atoms with van der Waals surface area (Å²) >= 11 is 0. The standard InChI is InChI=1S/C21H24N2O3/c1-3-26-19-7-4-16(5-8-19)14-21(24)22-18-6-9-20-17(15-18)10-11-23(20)12-13-25-2/h4-11,15H,3,12-14H2,1-2H3,(H,22,24). The summed E-state index contributed by atoms with van der Waals surface area (Å²) in [4.78, 5) is 12.3. The van der Waals surface area contributed by atoms with Crippen LogP contribution in [0, 0.1) is 0 Å². The largest absolute Gasteiger partial charge is 0.494 e. The SMILES string of the molecule is CCOc1ccc(CC(=O)Nc2ccc3c(ccn3CCOC)c2)cc1. The van der Waals surface area contributed by atoms with Crippen LogP contribution in [0.3, 0.4) is 0 Å². The smallest absolute Gasteiger partial charge is 0.228 e. The van der Waals surface area contributed by atoms with E-state index in [4.69, 9.17) is 9.47 Å². The molecule has 3 rings (SSSR count). The summed E-state index contributed by atoms with van der Waals surface area (Å²) < 4.78 is 12.7. The molecule has 0 aliphatic heterocycles. The van der Waals surface area contributed by atoms with Gasteiger partial charge in [-0.05, 0) is 48.9 Å². The molecule has 0 unspecified atom stereocenters. The number of carbonyl (C=O) groups is 1. The van der Waals surface area contributed by atoms with Gasteiger partial charge in [-0.15, -0.1) is 0 Å². The molecule has 136 valence electrons. The van der Waals surface area contributed by atoms with E-state index in [2.05, 4.69) is 9.88 Å². The average Bonchev–Trinajstić information content (AvgIpc) is 3.04. The molecular formula is C21H24N2O3. The molecule has 0 spiro atoms. The van der Waals surface area contributed by atoms with Crippen LogP contribution in [-0.4, -0.2) is 30.8 Å². The van der Waals surface area contributed by atoms with Crippen LogP contribution in [0.4, 0.5) is 5.69 Å². The molecule has 1 amide bonds. The predicted octanol–water partition coefficient (Wildman–Crippen LogP) is 3.87. The number of rotatable bonds is 8. The van der Waals surface area contributed by atoms with Crippen LogP contribution in [0.15, 0.2) is 54.7 Å². The highest BCUT2D eigenvalue weighted by Crippen LogP contribution is 2.21. The van der Waals surface area contributed by atoms with Gasteiger partial charge in [0, 0.05) is 36.4 Å². The van der Waals surface area contributed by atoms with Gasteiger partial charge < -0.3 is 19.4 Å². The van der Waals surface area contributed by atoms with Gasteiger partial charge in [-0.2, -0.15) is 0 Å². The summed E-state index contributed by atoms with van der Waals surface area (Å²) in [6.07, 6.45) is 2.37. The molecule has 0 aliphatic rings. The molecule has 3 aromatic rings. The van der Waals surface area contributed by atoms with Gasteiger partial charge in [-0.1, -0.05) is 12.1 Å². The average molecular weight is 352 g/mol. The van der Waals surface area contributed by atoms with E-state index in [1.54, 1.807) is 7.11 Å². The van der Waals surface area contributed by atoms with Gasteiger partial charge in [-0.3, -0.25) is 4.79 Å². The van der Waals surface area contributed by atoms with Crippen molar-refractivity contribution in [2.24, 2.45) is 0 Å². The number of nitrogens with zero attached hydrogens (tertiary/aromatic N) is 1. The van der Waals surface area contributed by atoms with Gasteiger partial charge in [0.25, 0.3) is 0 Å². The number of carbonyl (C=O) groups excluding carboxylic acids is 1. The zero-order valence-electron chi connectivity index (χ0n) is 15.2. The summed E-state index contributed by atoms with van der Waals surface area (Å²) in [5.41, 5.74) is 2.89. The minimum atomic E-state index is -0.0349. The first-order valence-electron chi connectivity index (χ1n) is 8.79. The van der Waals surface area contributed by atoms with Crippen LogP contribution in [0.2, 0.25) is 0 Å². The topological polar surface area (TPSA) is 52.5 Å². The second-order valence-corrected chi connectivity index (χ2v) is 6.08. The summed E-state index contributed by atoms with van der Waals surface area (Å²) in [7, 11) is 1.70. The number of hydrogen-bond acceptors (Lipinski definition) is 3. The quantitative estimate of drug-likeness (QED) is 0.670. The number of fused-ring (bicyclic) bond motifs is 1. The van der Waals surface area contributed by atoms with Crippen molar-refractivity contribution in [2.75, 3.05) is 25.6 Å². The Labute approximate surface area is 153 Å². The van der Waals surface area contributed by atoms with Crippen LogP contribution in [-0.2, 0) is 22.5 Å². The Bertz CT molecular complexity index is 869. The Morgan fingerprint density at radius 1 is 1.12 bits per heavy atom. The number of methoxy groups -OCH3 is 1. The maximum atomic E-state index is 12.3. The predicted molar refractivity (Wildman–Crippen MR) is 104 cm³/mol. The molecule has 0 saturated heterocycles. The molecule has 1 heterocycles. The zero-order chi connectivity index (χ0) is 18.4. The van der Waals surface area contributed by atoms with Crippen LogP contribution in [0.25, 0.3) is 10.9 Å². The highest BCUT2D eigenvalue weighted by atomic mass is 16.5. The monoisotopic (exact) mass is 352 g/mol. The number of nitrogens with one attached hydrogen (secondary N) is 1. The lowest BCUT2D eigenvalue weighted by Gasteiger charge is -2.08. The molecule has 2 aromatic carbocycles. The molecule has 0 bridgehead atoms. The number of amides is 1. The molecule has 0 saturated carbocycles. The fourth-order valence-electron chi connectivity index (χ4n) is 2.92. The minimum Gasteiger partial charge on any atom is -0.494 e. The van der Waals surface area contributed by atoms with Crippen LogP contribution >= 0.6 is 0 Å². The molecular weight excluding hydrogens is 328 g/mol. The molecule has 0 radical (unpaired) electrons. The second kappa shape index (κ2) is 8.54. The van der Waals surface area contributed by atoms with Crippen LogP contribution in [0.1, 0.15) is 12.5 Å². The summed E-state index contributed by atoms with van der Waals surface area (Å²) in [5.74, 6) is 0.785. The number of anilines is 1. The fraction of sp³-hybridized carbons (Fsp3) is 0.286. The molecule has 0 atom stereocenters. The highest BCUT2D eigenvalue weighted by Gasteiger charge is 2.07. The second-order valence-electron chi connectivity index (χ2n) is 6.08. The number of benzene rings is 2. The van der Waals surface area contributed by atoms with Gasteiger partial charge in [0.1, 0.15) is 5.75 Å². The molecule has 1 N–H and O–H groups in total. The molecule has 0 fully saturated rings. The lowest BCUT2D eigenvalue weighted by molar-refractivity contribution is -0.115. The third-order valence-corrected chi connectivity index (χ3v) is 4.19. The number of ether oxygens (including phenoxy) is 2. The third-order valence-electron chi connectivity index (χ3n) is 4.19. The van der Waals surface area contributed by atoms with Crippen molar-refractivity contribution >= 4 is 22.5 Å². The Morgan fingerprint density at radius 3 is 2.65 bits per heavy atom. The number of aromatic nitrogens is 1. The molecule has 5 heteroatoms. The molecule has 26 heavy (non-hydrogen) atoms. The van der Waals surface area contributed by atoms with E-state index in [-0.39, 0.29) is 5.91 Å². The van der Waals surface area contributed by atoms with E-state index in [1.807, 2.05) is 61.7 Å². The van der Waals surface area contributed by atoms with Crippen molar-refractivity contribution < 1.29 is 14.3 Å². The molecule has 0 aliphatic carbocycles. The normalized spacial score (nSPS) is 10.8. The highest BCUT2D eigenvalue weighted by molar-refractivity contribution is 5.95. The van der Waals surface area contributed by atoms with E-state index in [9.17, 15) is 4.79 Å². The van der Waals surface area contributed by atoms with Crippen molar-refractivity contribution in [1.29, 1.82) is 0 Å². The number of hydrogen-bond donors (Lipinski definition) is 1. The van der Waals surface area contributed by atoms with E-state index in [1.165, 1.54) is 0 Å². The first-order chi connectivity index (χ1) is 12.7. The molecule has 1 aromatic heterocycles. The third kappa shape index (κ3) is 4.43. The maximum absolute atomic E-state index is 12.3. The molecule has 5 nitrogen and oxygen atoms in total. The first-order valence-corrected chi connectivity index (χ1v) is 8.79. The van der Waals surface area contributed by atoms with Crippen molar-refractivity contribution in [1.82, 2.24) is 4.57 Å². The summed E-state index contributed by atoms with van der Waals surface area (Å²) in [5, 5.41) is 4.07. The first kappa shape index (κ1) is 18.0. The van der Waals surface area contributed by atoms with Crippen LogP contribution < -0.4 is 10.1 Å². The van der Waals surface area contributed by atoms with Gasteiger partial charge in [-0.25, -0.2) is 0 Å². The Kier molecular flexibility index (Phi) is 5.92. The Hall–Kier alpha value is -2.79. The lowest BCUT2D eigenvalue weighted by atomic mass is 10.1. The van der Waals surface area contributed by atoms with Crippen molar-refractivity contribution in [3.05, 3.63) is 60.3 Å². The Morgan fingerprint density at radius 2 is 1.92 bits per heavy atom. The van der Waals surface area contributed by atoms with E-state index < -0.39 is 0 Å². The van der Waals surface area contributed by atoms with Gasteiger partial charge in [0.15, 0.2) is 0 Å². The van der Waals surface area contributed by atoms with Crippen molar-refractivity contribution in [3.8, 4) is 5.75 Å². The Balaban J connectivity index is 1.63. The lowest BCUT2D eigenvalue weighted by Crippen LogP contribution is -2.14. The maximum Gasteiger partial charge on any atom is 0.228 e. The minimum absolute atomic E-state index is 0.0349. The van der Waals surface area contributed by atoms with Crippen LogP contribution in [0.5, 0.6) is 5.75 Å². The van der Waals surface area contributed by atoms with Crippen molar-refractivity contribution in [2.45, 2.75) is 19.9 Å². The van der Waals surface area contributed by atoms with Gasteiger partial charge >= 0.3 is 0 Å². The van der Waals surface area contributed by atoms with E-state index in [0.717, 1.165) is 34.4 Å². The van der Waals surface area contributed by atoms with Crippen molar-refractivity contribution in [3.63, 3.8) is 0 Å².